The van der Waals surface area contributed by atoms with Gasteiger partial charge in [-0.1, -0.05) is 18.9 Å². The van der Waals surface area contributed by atoms with Gasteiger partial charge in [-0.25, -0.2) is 0 Å². The van der Waals surface area contributed by atoms with Gasteiger partial charge in [0.25, 0.3) is 0 Å². The molecule has 21 heavy (non-hydrogen) atoms. The molecule has 3 heteroatoms. The minimum atomic E-state index is -0.428. The van der Waals surface area contributed by atoms with Crippen LogP contribution in [0, 0.1) is 6.92 Å². The van der Waals surface area contributed by atoms with Crippen molar-refractivity contribution >= 4 is 0 Å². The third-order valence-electron chi connectivity index (χ3n) is 4.94. The topological polar surface area (TPSA) is 38.7 Å². The van der Waals surface area contributed by atoms with E-state index >= 15 is 0 Å². The zero-order valence-corrected chi connectivity index (χ0v) is 13.1. The van der Waals surface area contributed by atoms with Crippen LogP contribution in [0.5, 0.6) is 5.75 Å². The first kappa shape index (κ1) is 14.9. The predicted octanol–water partition coefficient (Wildman–Crippen LogP) is 3.92. The van der Waals surface area contributed by atoms with E-state index in [1.807, 2.05) is 25.1 Å². The lowest BCUT2D eigenvalue weighted by Gasteiger charge is -2.38. The van der Waals surface area contributed by atoms with Crippen molar-refractivity contribution in [2.45, 2.75) is 70.2 Å². The van der Waals surface area contributed by atoms with Gasteiger partial charge in [-0.15, -0.1) is 0 Å². The molecule has 1 aromatic rings. The highest BCUT2D eigenvalue weighted by molar-refractivity contribution is 5.37. The Morgan fingerprint density at radius 1 is 1.33 bits per heavy atom. The van der Waals surface area contributed by atoms with Crippen LogP contribution >= 0.6 is 0 Å². The first-order chi connectivity index (χ1) is 10.1. The Kier molecular flexibility index (Phi) is 4.23. The van der Waals surface area contributed by atoms with Crippen LogP contribution in [0.15, 0.2) is 18.2 Å². The molecule has 2 unspecified atom stereocenters. The van der Waals surface area contributed by atoms with Crippen molar-refractivity contribution in [3.8, 4) is 5.75 Å². The molecule has 1 N–H and O–H groups in total. The van der Waals surface area contributed by atoms with E-state index in [1.54, 1.807) is 6.92 Å². The van der Waals surface area contributed by atoms with E-state index in [2.05, 4.69) is 0 Å². The summed E-state index contributed by atoms with van der Waals surface area (Å²) in [4.78, 5) is 0. The summed E-state index contributed by atoms with van der Waals surface area (Å²) in [6.07, 6.45) is 6.77. The van der Waals surface area contributed by atoms with Gasteiger partial charge < -0.3 is 14.6 Å². The number of ether oxygens (including phenoxy) is 2. The molecule has 1 saturated carbocycles. The summed E-state index contributed by atoms with van der Waals surface area (Å²) in [5.41, 5.74) is 2.13. The number of aryl methyl sites for hydroxylation is 1. The third kappa shape index (κ3) is 3.24. The quantitative estimate of drug-likeness (QED) is 0.917. The Balaban J connectivity index is 1.68. The largest absolute Gasteiger partial charge is 0.490 e. The van der Waals surface area contributed by atoms with Crippen molar-refractivity contribution in [2.24, 2.45) is 0 Å². The van der Waals surface area contributed by atoms with Gasteiger partial charge in [0, 0.05) is 12.8 Å². The number of aliphatic hydroxyl groups is 1. The van der Waals surface area contributed by atoms with Crippen molar-refractivity contribution in [1.82, 2.24) is 0 Å². The molecule has 1 aliphatic heterocycles. The highest BCUT2D eigenvalue weighted by atomic mass is 16.5. The molecule has 1 aliphatic carbocycles. The van der Waals surface area contributed by atoms with Crippen molar-refractivity contribution in [2.75, 3.05) is 6.61 Å². The van der Waals surface area contributed by atoms with Crippen LogP contribution in [-0.2, 0) is 4.74 Å². The summed E-state index contributed by atoms with van der Waals surface area (Å²) in [6, 6.07) is 5.97. The van der Waals surface area contributed by atoms with E-state index in [1.165, 1.54) is 25.7 Å². The Morgan fingerprint density at radius 3 is 2.76 bits per heavy atom. The highest BCUT2D eigenvalue weighted by Gasteiger charge is 2.40. The summed E-state index contributed by atoms with van der Waals surface area (Å²) in [5.74, 6) is 0.944. The molecule has 1 heterocycles. The molecule has 1 spiro atoms. The predicted molar refractivity (Wildman–Crippen MR) is 82.6 cm³/mol. The van der Waals surface area contributed by atoms with Crippen LogP contribution in [0.25, 0.3) is 0 Å². The van der Waals surface area contributed by atoms with E-state index in [-0.39, 0.29) is 11.7 Å². The SMILES string of the molecule is Cc1cc(C(C)O)ccc1OC1CCOC2(CCCC2)C1. The zero-order chi connectivity index (χ0) is 14.9. The van der Waals surface area contributed by atoms with E-state index in [0.717, 1.165) is 36.3 Å². The van der Waals surface area contributed by atoms with E-state index < -0.39 is 6.10 Å². The molecule has 3 nitrogen and oxygen atoms in total. The highest BCUT2D eigenvalue weighted by Crippen LogP contribution is 2.41. The second kappa shape index (κ2) is 5.98. The minimum absolute atomic E-state index is 0.0936. The average Bonchev–Trinajstić information content (AvgIpc) is 2.89. The first-order valence-corrected chi connectivity index (χ1v) is 8.17. The standard InChI is InChI=1S/C18H26O3/c1-13-11-15(14(2)19)5-6-17(13)21-16-7-10-20-18(12-16)8-3-4-9-18/h5-6,11,14,16,19H,3-4,7-10,12H2,1-2H3. The summed E-state index contributed by atoms with van der Waals surface area (Å²) in [7, 11) is 0. The first-order valence-electron chi connectivity index (χ1n) is 8.17. The molecular weight excluding hydrogens is 264 g/mol. The smallest absolute Gasteiger partial charge is 0.122 e. The lowest BCUT2D eigenvalue weighted by Crippen LogP contribution is -2.41. The van der Waals surface area contributed by atoms with Crippen LogP contribution in [0.1, 0.15) is 62.7 Å². The van der Waals surface area contributed by atoms with Crippen LogP contribution in [0.3, 0.4) is 0 Å². The van der Waals surface area contributed by atoms with Crippen molar-refractivity contribution in [1.29, 1.82) is 0 Å². The lowest BCUT2D eigenvalue weighted by atomic mass is 9.90. The monoisotopic (exact) mass is 290 g/mol. The van der Waals surface area contributed by atoms with Gasteiger partial charge in [0.15, 0.2) is 0 Å². The maximum Gasteiger partial charge on any atom is 0.122 e. The van der Waals surface area contributed by atoms with Crippen LogP contribution < -0.4 is 4.74 Å². The maximum absolute atomic E-state index is 9.64. The summed E-state index contributed by atoms with van der Waals surface area (Å²) in [6.45, 7) is 4.65. The molecule has 2 aliphatic rings. The fourth-order valence-corrected chi connectivity index (χ4v) is 3.70. The Bertz CT molecular complexity index is 489. The third-order valence-corrected chi connectivity index (χ3v) is 4.94. The van der Waals surface area contributed by atoms with Crippen LogP contribution in [-0.4, -0.2) is 23.4 Å². The van der Waals surface area contributed by atoms with Gasteiger partial charge in [0.2, 0.25) is 0 Å². The van der Waals surface area contributed by atoms with Crippen molar-refractivity contribution in [3.63, 3.8) is 0 Å². The Hall–Kier alpha value is -1.06. The summed E-state index contributed by atoms with van der Waals surface area (Å²) in [5, 5.41) is 9.64. The van der Waals surface area contributed by atoms with Gasteiger partial charge in [0.1, 0.15) is 11.9 Å². The Morgan fingerprint density at radius 2 is 2.10 bits per heavy atom. The second-order valence-electron chi connectivity index (χ2n) is 6.67. The molecule has 1 aromatic carbocycles. The summed E-state index contributed by atoms with van der Waals surface area (Å²) >= 11 is 0. The van der Waals surface area contributed by atoms with E-state index in [4.69, 9.17) is 9.47 Å². The number of hydrogen-bond donors (Lipinski definition) is 1. The lowest BCUT2D eigenvalue weighted by molar-refractivity contribution is -0.108. The normalized spacial score (nSPS) is 26.0. The summed E-state index contributed by atoms with van der Waals surface area (Å²) < 4.78 is 12.3. The van der Waals surface area contributed by atoms with Crippen molar-refractivity contribution < 1.29 is 14.6 Å². The molecule has 1 saturated heterocycles. The molecule has 0 bridgehead atoms. The van der Waals surface area contributed by atoms with Gasteiger partial charge in [-0.3, -0.25) is 0 Å². The minimum Gasteiger partial charge on any atom is -0.490 e. The van der Waals surface area contributed by atoms with Crippen LogP contribution in [0.2, 0.25) is 0 Å². The van der Waals surface area contributed by atoms with Gasteiger partial charge in [0.05, 0.1) is 18.3 Å². The zero-order valence-electron chi connectivity index (χ0n) is 13.1. The molecule has 0 amide bonds. The molecule has 0 aromatic heterocycles. The van der Waals surface area contributed by atoms with E-state index in [0.29, 0.717) is 0 Å². The van der Waals surface area contributed by atoms with Gasteiger partial charge in [-0.05, 0) is 49.9 Å². The fraction of sp³-hybridized carbons (Fsp3) is 0.667. The van der Waals surface area contributed by atoms with Crippen LogP contribution in [0.4, 0.5) is 0 Å². The number of hydrogen-bond acceptors (Lipinski definition) is 3. The van der Waals surface area contributed by atoms with Crippen molar-refractivity contribution in [3.05, 3.63) is 29.3 Å². The molecule has 0 radical (unpaired) electrons. The molecule has 116 valence electrons. The fourth-order valence-electron chi connectivity index (χ4n) is 3.70. The number of aliphatic hydroxyl groups excluding tert-OH is 1. The van der Waals surface area contributed by atoms with E-state index in [9.17, 15) is 5.11 Å². The van der Waals surface area contributed by atoms with Gasteiger partial charge in [-0.2, -0.15) is 0 Å². The number of rotatable bonds is 3. The molecule has 2 atom stereocenters. The maximum atomic E-state index is 9.64. The molecule has 2 fully saturated rings. The number of benzene rings is 1. The van der Waals surface area contributed by atoms with Gasteiger partial charge >= 0.3 is 0 Å². The Labute approximate surface area is 127 Å². The second-order valence-corrected chi connectivity index (χ2v) is 6.67. The molecule has 3 rings (SSSR count). The average molecular weight is 290 g/mol. The molecular formula is C18H26O3.